The third-order valence-electron chi connectivity index (χ3n) is 10.3. The van der Waals surface area contributed by atoms with E-state index >= 15 is 0 Å². The summed E-state index contributed by atoms with van der Waals surface area (Å²) < 4.78 is 10.6. The van der Waals surface area contributed by atoms with Crippen LogP contribution in [0.25, 0.3) is 11.1 Å². The highest BCUT2D eigenvalue weighted by molar-refractivity contribution is 5.83. The van der Waals surface area contributed by atoms with E-state index in [0.717, 1.165) is 61.6 Å². The first kappa shape index (κ1) is 37.6. The summed E-state index contributed by atoms with van der Waals surface area (Å²) in [5.41, 5.74) is 18.3. The van der Waals surface area contributed by atoms with Gasteiger partial charge in [0.1, 0.15) is 0 Å². The van der Waals surface area contributed by atoms with Gasteiger partial charge in [-0.2, -0.15) is 0 Å². The van der Waals surface area contributed by atoms with Gasteiger partial charge in [-0.1, -0.05) is 60.2 Å². The molecule has 6 aromatic carbocycles. The molecule has 0 atom stereocenters. The highest BCUT2D eigenvalue weighted by atomic mass is 16.5. The Bertz CT molecular complexity index is 2100. The Labute approximate surface area is 317 Å². The summed E-state index contributed by atoms with van der Waals surface area (Å²) in [6, 6.07) is 47.3. The predicted octanol–water partition coefficient (Wildman–Crippen LogP) is 13.0. The van der Waals surface area contributed by atoms with Crippen LogP contribution in [0, 0.1) is 34.6 Å². The maximum absolute atomic E-state index is 5.28. The fraction of sp³-hybridized carbons (Fsp3) is 0.265. The zero-order valence-corrected chi connectivity index (χ0v) is 32.6. The maximum Gasteiger partial charge on any atom is 0.0491 e. The Kier molecular flexibility index (Phi) is 12.5. The first-order valence-corrected chi connectivity index (χ1v) is 18.9. The van der Waals surface area contributed by atoms with E-state index in [4.69, 9.17) is 9.47 Å². The van der Waals surface area contributed by atoms with Gasteiger partial charge < -0.3 is 19.3 Å². The SMILES string of the molecule is COCCCc1ccc(N(c2ccc(C)cc2)c2ccc(-c3ccc(N(c4ccc(CCCOC)cc4)c4ccc(C)c(C)c4)c(C)c3)cc2C)cc1. The van der Waals surface area contributed by atoms with Crippen LogP contribution in [0.3, 0.4) is 0 Å². The minimum absolute atomic E-state index is 0.777. The highest BCUT2D eigenvalue weighted by Gasteiger charge is 2.18. The summed E-state index contributed by atoms with van der Waals surface area (Å²) in [5, 5.41) is 0. The Morgan fingerprint density at radius 1 is 0.396 bits per heavy atom. The average molecular weight is 703 g/mol. The van der Waals surface area contributed by atoms with E-state index in [0.29, 0.717) is 0 Å². The van der Waals surface area contributed by atoms with E-state index in [9.17, 15) is 0 Å². The molecule has 0 heterocycles. The number of anilines is 6. The number of rotatable bonds is 15. The molecule has 0 aromatic heterocycles. The van der Waals surface area contributed by atoms with E-state index in [1.54, 1.807) is 14.2 Å². The standard InChI is InChI=1S/C49H54N2O2/c1-35-12-21-44(22-13-35)50(45-24-15-40(16-25-45)10-8-30-52-6)48-28-19-42(32-38(48)4)43-20-29-49(39(5)33-43)51(47-23-14-36(2)37(3)34-47)46-26-17-41(18-27-46)11-9-31-53-7/h12-29,32-34H,8-11,30-31H2,1-7H3. The molecule has 0 radical (unpaired) electrons. The summed E-state index contributed by atoms with van der Waals surface area (Å²) in [6.45, 7) is 12.5. The molecular weight excluding hydrogens is 649 g/mol. The normalized spacial score (nSPS) is 11.2. The lowest BCUT2D eigenvalue weighted by Crippen LogP contribution is -2.12. The van der Waals surface area contributed by atoms with E-state index in [-0.39, 0.29) is 0 Å². The van der Waals surface area contributed by atoms with Crippen LogP contribution in [0.15, 0.2) is 127 Å². The van der Waals surface area contributed by atoms with Crippen molar-refractivity contribution in [2.24, 2.45) is 0 Å². The molecule has 6 aromatic rings. The van der Waals surface area contributed by atoms with E-state index in [2.05, 4.69) is 172 Å². The fourth-order valence-corrected chi connectivity index (χ4v) is 7.05. The Morgan fingerprint density at radius 2 is 0.811 bits per heavy atom. The Hall–Kier alpha value is -5.16. The molecule has 0 fully saturated rings. The zero-order chi connectivity index (χ0) is 37.3. The van der Waals surface area contributed by atoms with Gasteiger partial charge in [-0.25, -0.2) is 0 Å². The highest BCUT2D eigenvalue weighted by Crippen LogP contribution is 2.41. The van der Waals surface area contributed by atoms with Crippen molar-refractivity contribution in [3.63, 3.8) is 0 Å². The molecule has 0 saturated carbocycles. The molecule has 6 rings (SSSR count). The molecule has 4 heteroatoms. The second-order valence-electron chi connectivity index (χ2n) is 14.3. The van der Waals surface area contributed by atoms with Crippen LogP contribution >= 0.6 is 0 Å². The van der Waals surface area contributed by atoms with Crippen molar-refractivity contribution in [2.75, 3.05) is 37.2 Å². The number of hydrogen-bond acceptors (Lipinski definition) is 4. The molecule has 0 unspecified atom stereocenters. The molecule has 0 bridgehead atoms. The smallest absolute Gasteiger partial charge is 0.0491 e. The van der Waals surface area contributed by atoms with Gasteiger partial charge in [0.25, 0.3) is 0 Å². The summed E-state index contributed by atoms with van der Waals surface area (Å²) >= 11 is 0. The largest absolute Gasteiger partial charge is 0.385 e. The van der Waals surface area contributed by atoms with Gasteiger partial charge in [0, 0.05) is 61.6 Å². The number of aryl methyl sites for hydroxylation is 7. The van der Waals surface area contributed by atoms with Crippen molar-refractivity contribution < 1.29 is 9.47 Å². The molecule has 0 saturated heterocycles. The van der Waals surface area contributed by atoms with Gasteiger partial charge in [0.05, 0.1) is 0 Å². The molecule has 0 aliphatic rings. The van der Waals surface area contributed by atoms with Crippen LogP contribution in [0.1, 0.15) is 51.8 Å². The van der Waals surface area contributed by atoms with Crippen molar-refractivity contribution in [3.8, 4) is 11.1 Å². The molecule has 4 nitrogen and oxygen atoms in total. The van der Waals surface area contributed by atoms with Crippen molar-refractivity contribution >= 4 is 34.1 Å². The molecule has 272 valence electrons. The number of methoxy groups -OCH3 is 2. The molecule has 0 N–H and O–H groups in total. The predicted molar refractivity (Wildman–Crippen MR) is 225 cm³/mol. The van der Waals surface area contributed by atoms with Gasteiger partial charge in [-0.15, -0.1) is 0 Å². The van der Waals surface area contributed by atoms with Crippen LogP contribution in [-0.2, 0) is 22.3 Å². The third-order valence-corrected chi connectivity index (χ3v) is 10.3. The Morgan fingerprint density at radius 3 is 1.23 bits per heavy atom. The maximum atomic E-state index is 5.28. The summed E-state index contributed by atoms with van der Waals surface area (Å²) in [7, 11) is 3.53. The minimum Gasteiger partial charge on any atom is -0.385 e. The van der Waals surface area contributed by atoms with Gasteiger partial charge >= 0.3 is 0 Å². The van der Waals surface area contributed by atoms with Crippen LogP contribution in [0.4, 0.5) is 34.1 Å². The average Bonchev–Trinajstić information content (AvgIpc) is 3.16. The van der Waals surface area contributed by atoms with Crippen LogP contribution in [-0.4, -0.2) is 27.4 Å². The van der Waals surface area contributed by atoms with E-state index in [1.807, 2.05) is 0 Å². The summed E-state index contributed by atoms with van der Waals surface area (Å²) in [6.07, 6.45) is 4.05. The Balaban J connectivity index is 1.33. The van der Waals surface area contributed by atoms with Crippen LogP contribution < -0.4 is 9.80 Å². The van der Waals surface area contributed by atoms with E-state index in [1.165, 1.54) is 61.4 Å². The van der Waals surface area contributed by atoms with Crippen molar-refractivity contribution in [2.45, 2.75) is 60.3 Å². The number of ether oxygens (including phenoxy) is 2. The topological polar surface area (TPSA) is 24.9 Å². The molecule has 0 aliphatic heterocycles. The molecule has 53 heavy (non-hydrogen) atoms. The summed E-state index contributed by atoms with van der Waals surface area (Å²) in [5.74, 6) is 0. The molecule has 0 spiro atoms. The van der Waals surface area contributed by atoms with Crippen molar-refractivity contribution in [1.82, 2.24) is 0 Å². The lowest BCUT2D eigenvalue weighted by molar-refractivity contribution is 0.195. The minimum atomic E-state index is 0.777. The third kappa shape index (κ3) is 9.08. The molecular formula is C49H54N2O2. The number of hydrogen-bond donors (Lipinski definition) is 0. The fourth-order valence-electron chi connectivity index (χ4n) is 7.05. The first-order valence-electron chi connectivity index (χ1n) is 18.9. The monoisotopic (exact) mass is 702 g/mol. The second kappa shape index (κ2) is 17.6. The van der Waals surface area contributed by atoms with Gasteiger partial charge in [0.2, 0.25) is 0 Å². The summed E-state index contributed by atoms with van der Waals surface area (Å²) in [4.78, 5) is 4.76. The molecule has 0 aliphatic carbocycles. The van der Waals surface area contributed by atoms with Gasteiger partial charge in [0.15, 0.2) is 0 Å². The zero-order valence-electron chi connectivity index (χ0n) is 32.6. The van der Waals surface area contributed by atoms with Crippen LogP contribution in [0.2, 0.25) is 0 Å². The quantitative estimate of drug-likeness (QED) is 0.0995. The number of benzene rings is 6. The van der Waals surface area contributed by atoms with Crippen LogP contribution in [0.5, 0.6) is 0 Å². The van der Waals surface area contributed by atoms with Gasteiger partial charge in [-0.3, -0.25) is 0 Å². The lowest BCUT2D eigenvalue weighted by Gasteiger charge is -2.29. The van der Waals surface area contributed by atoms with Crippen molar-refractivity contribution in [3.05, 3.63) is 166 Å². The second-order valence-corrected chi connectivity index (χ2v) is 14.3. The van der Waals surface area contributed by atoms with Gasteiger partial charge in [-0.05, 0) is 178 Å². The molecule has 0 amide bonds. The number of nitrogens with zero attached hydrogens (tertiary/aromatic N) is 2. The van der Waals surface area contributed by atoms with E-state index < -0.39 is 0 Å². The first-order chi connectivity index (χ1) is 25.7. The van der Waals surface area contributed by atoms with Crippen molar-refractivity contribution in [1.29, 1.82) is 0 Å². The lowest BCUT2D eigenvalue weighted by atomic mass is 9.98.